The number of carbonyl (C=O) groups excluding carboxylic acids is 2. The number of fused-ring (bicyclic) bond motifs is 1. The van der Waals surface area contributed by atoms with Crippen LogP contribution in [0.15, 0.2) is 36.4 Å². The van der Waals surface area contributed by atoms with Crippen LogP contribution >= 0.6 is 0 Å². The lowest BCUT2D eigenvalue weighted by atomic mass is 9.89. The molecule has 0 saturated carbocycles. The summed E-state index contributed by atoms with van der Waals surface area (Å²) in [7, 11) is 0. The number of likely N-dealkylation sites (tertiary alicyclic amines) is 2. The van der Waals surface area contributed by atoms with Gasteiger partial charge in [0.2, 0.25) is 5.91 Å². The Hall–Kier alpha value is -2.76. The molecule has 4 rings (SSSR count). The molecule has 29 heavy (non-hydrogen) atoms. The number of hydrogen-bond donors (Lipinski definition) is 0. The molecule has 2 amide bonds. The first kappa shape index (κ1) is 19.6. The highest BCUT2D eigenvalue weighted by Crippen LogP contribution is 2.45. The lowest BCUT2D eigenvalue weighted by Gasteiger charge is -2.30. The van der Waals surface area contributed by atoms with Gasteiger partial charge >= 0.3 is 0 Å². The number of rotatable bonds is 3. The summed E-state index contributed by atoms with van der Waals surface area (Å²) in [5.74, 6) is 0.0550. The second-order valence-electron chi connectivity index (χ2n) is 8.12. The molecule has 2 fully saturated rings. The van der Waals surface area contributed by atoms with E-state index in [1.165, 1.54) is 12.1 Å². The summed E-state index contributed by atoms with van der Waals surface area (Å²) in [6.07, 6.45) is 0.419. The molecule has 152 valence electrons. The Balaban J connectivity index is 1.61. The van der Waals surface area contributed by atoms with Crippen molar-refractivity contribution in [2.24, 2.45) is 11.8 Å². The van der Waals surface area contributed by atoms with Crippen molar-refractivity contribution in [1.29, 1.82) is 0 Å². The van der Waals surface area contributed by atoms with E-state index in [0.717, 1.165) is 17.0 Å². The van der Waals surface area contributed by atoms with Crippen LogP contribution in [-0.2, 0) is 4.79 Å². The molecular weight excluding hydrogens is 369 g/mol. The fraction of sp³-hybridized carbons (Fsp3) is 0.435. The largest absolute Gasteiger partial charge is 0.338 e. The number of carbonyl (C=O) groups is 2. The molecule has 2 saturated heterocycles. The molecule has 5 nitrogen and oxygen atoms in total. The highest BCUT2D eigenvalue weighted by atomic mass is 19.1. The predicted molar refractivity (Wildman–Crippen MR) is 108 cm³/mol. The van der Waals surface area contributed by atoms with E-state index in [9.17, 15) is 14.0 Å². The highest BCUT2D eigenvalue weighted by molar-refractivity contribution is 5.95. The predicted octanol–water partition coefficient (Wildman–Crippen LogP) is 3.52. The van der Waals surface area contributed by atoms with Gasteiger partial charge in [-0.1, -0.05) is 19.1 Å². The lowest BCUT2D eigenvalue weighted by Crippen LogP contribution is -2.37. The van der Waals surface area contributed by atoms with Gasteiger partial charge in [0.15, 0.2) is 0 Å². The zero-order chi connectivity index (χ0) is 20.7. The zero-order valence-electron chi connectivity index (χ0n) is 17.1. The fourth-order valence-corrected chi connectivity index (χ4v) is 4.87. The highest BCUT2D eigenvalue weighted by Gasteiger charge is 2.49. The van der Waals surface area contributed by atoms with Crippen LogP contribution in [0.1, 0.15) is 46.7 Å². The number of aryl methyl sites for hydroxylation is 2. The second-order valence-corrected chi connectivity index (χ2v) is 8.12. The van der Waals surface area contributed by atoms with Gasteiger partial charge in [0.05, 0.1) is 17.3 Å². The summed E-state index contributed by atoms with van der Waals surface area (Å²) < 4.78 is 13.9. The third-order valence-electron chi connectivity index (χ3n) is 6.22. The van der Waals surface area contributed by atoms with Gasteiger partial charge in [-0.2, -0.15) is 0 Å². The molecule has 0 unspecified atom stereocenters. The van der Waals surface area contributed by atoms with E-state index in [0.29, 0.717) is 31.6 Å². The van der Waals surface area contributed by atoms with Crippen molar-refractivity contribution < 1.29 is 14.0 Å². The molecule has 3 heterocycles. The van der Waals surface area contributed by atoms with Crippen LogP contribution in [0.5, 0.6) is 0 Å². The van der Waals surface area contributed by atoms with Crippen LogP contribution in [0, 0.1) is 31.5 Å². The quantitative estimate of drug-likeness (QED) is 0.799. The molecule has 2 aliphatic heterocycles. The molecule has 1 aromatic carbocycles. The average molecular weight is 395 g/mol. The monoisotopic (exact) mass is 395 g/mol. The van der Waals surface area contributed by atoms with E-state index in [1.54, 1.807) is 6.07 Å². The minimum atomic E-state index is -0.304. The molecule has 0 N–H and O–H groups in total. The van der Waals surface area contributed by atoms with Gasteiger partial charge in [0, 0.05) is 43.6 Å². The maximum atomic E-state index is 13.9. The number of hydrogen-bond acceptors (Lipinski definition) is 3. The number of aromatic nitrogens is 1. The number of halogens is 1. The Labute approximate surface area is 170 Å². The SMILES string of the molecule is CCC(=O)N1C[C@@H]2CN(C(=O)c3ccc(C)nc3C)C[C@@H]2[C@H]1c1cccc(F)c1. The Bertz CT molecular complexity index is 961. The number of pyridine rings is 1. The van der Waals surface area contributed by atoms with Crippen molar-refractivity contribution in [3.05, 3.63) is 64.7 Å². The maximum Gasteiger partial charge on any atom is 0.255 e. The van der Waals surface area contributed by atoms with Gasteiger partial charge in [-0.25, -0.2) is 4.39 Å². The summed E-state index contributed by atoms with van der Waals surface area (Å²) in [5.41, 5.74) is 3.05. The van der Waals surface area contributed by atoms with Crippen molar-refractivity contribution >= 4 is 11.8 Å². The van der Waals surface area contributed by atoms with Gasteiger partial charge in [0.1, 0.15) is 5.82 Å². The molecule has 0 bridgehead atoms. The Morgan fingerprint density at radius 1 is 1.14 bits per heavy atom. The van der Waals surface area contributed by atoms with E-state index >= 15 is 0 Å². The van der Waals surface area contributed by atoms with Gasteiger partial charge in [0.25, 0.3) is 5.91 Å². The maximum absolute atomic E-state index is 13.9. The summed E-state index contributed by atoms with van der Waals surface area (Å²) in [6, 6.07) is 10.00. The number of amides is 2. The third-order valence-corrected chi connectivity index (χ3v) is 6.22. The third kappa shape index (κ3) is 3.52. The first-order valence-electron chi connectivity index (χ1n) is 10.2. The summed E-state index contributed by atoms with van der Waals surface area (Å²) in [5, 5.41) is 0. The van der Waals surface area contributed by atoms with Gasteiger partial charge in [-0.3, -0.25) is 14.6 Å². The molecule has 0 spiro atoms. The van der Waals surface area contributed by atoms with E-state index in [2.05, 4.69) is 4.98 Å². The normalized spacial score (nSPS) is 23.4. The Morgan fingerprint density at radius 2 is 1.93 bits per heavy atom. The van der Waals surface area contributed by atoms with Crippen LogP contribution < -0.4 is 0 Å². The second kappa shape index (κ2) is 7.58. The van der Waals surface area contributed by atoms with Crippen molar-refractivity contribution in [2.45, 2.75) is 33.2 Å². The molecule has 0 radical (unpaired) electrons. The van der Waals surface area contributed by atoms with Gasteiger partial charge < -0.3 is 9.80 Å². The Morgan fingerprint density at radius 3 is 2.62 bits per heavy atom. The van der Waals surface area contributed by atoms with Gasteiger partial charge in [-0.15, -0.1) is 0 Å². The van der Waals surface area contributed by atoms with Crippen LogP contribution in [0.25, 0.3) is 0 Å². The number of nitrogens with zero attached hydrogens (tertiary/aromatic N) is 3. The van der Waals surface area contributed by atoms with Crippen LogP contribution in [-0.4, -0.2) is 46.2 Å². The smallest absolute Gasteiger partial charge is 0.255 e. The first-order chi connectivity index (χ1) is 13.9. The number of benzene rings is 1. The molecule has 6 heteroatoms. The summed E-state index contributed by atoms with van der Waals surface area (Å²) in [4.78, 5) is 33.9. The average Bonchev–Trinajstić information content (AvgIpc) is 3.24. The van der Waals surface area contributed by atoms with Crippen molar-refractivity contribution in [3.8, 4) is 0 Å². The standard InChI is InChI=1S/C23H26FN3O2/c1-4-21(28)27-12-17-11-26(23(29)19-9-8-14(2)25-15(19)3)13-20(17)22(27)16-6-5-7-18(24)10-16/h5-10,17,20,22H,4,11-13H2,1-3H3/t17-,20-,22+/m0/s1. The van der Waals surface area contributed by atoms with Crippen molar-refractivity contribution in [2.75, 3.05) is 19.6 Å². The molecule has 2 aliphatic rings. The topological polar surface area (TPSA) is 53.5 Å². The van der Waals surface area contributed by atoms with E-state index in [1.807, 2.05) is 48.8 Å². The van der Waals surface area contributed by atoms with Crippen LogP contribution in [0.4, 0.5) is 4.39 Å². The van der Waals surface area contributed by atoms with Crippen molar-refractivity contribution in [3.63, 3.8) is 0 Å². The summed E-state index contributed by atoms with van der Waals surface area (Å²) in [6.45, 7) is 7.38. The minimum absolute atomic E-state index is 0.0178. The molecule has 3 atom stereocenters. The van der Waals surface area contributed by atoms with Gasteiger partial charge in [-0.05, 0) is 43.7 Å². The van der Waals surface area contributed by atoms with E-state index < -0.39 is 0 Å². The summed E-state index contributed by atoms with van der Waals surface area (Å²) >= 11 is 0. The van der Waals surface area contributed by atoms with Crippen LogP contribution in [0.2, 0.25) is 0 Å². The molecule has 2 aromatic rings. The zero-order valence-corrected chi connectivity index (χ0v) is 17.1. The first-order valence-corrected chi connectivity index (χ1v) is 10.2. The molecule has 1 aromatic heterocycles. The minimum Gasteiger partial charge on any atom is -0.338 e. The molecule has 0 aliphatic carbocycles. The van der Waals surface area contributed by atoms with Crippen LogP contribution in [0.3, 0.4) is 0 Å². The fourth-order valence-electron chi connectivity index (χ4n) is 4.87. The molecular formula is C23H26FN3O2. The van der Waals surface area contributed by atoms with E-state index in [4.69, 9.17) is 0 Å². The van der Waals surface area contributed by atoms with E-state index in [-0.39, 0.29) is 35.5 Å². The van der Waals surface area contributed by atoms with Crippen molar-refractivity contribution in [1.82, 2.24) is 14.8 Å². The lowest BCUT2D eigenvalue weighted by molar-refractivity contribution is -0.132. The Kier molecular flexibility index (Phi) is 5.11.